The predicted octanol–water partition coefficient (Wildman–Crippen LogP) is 4.62. The lowest BCUT2D eigenvalue weighted by Crippen LogP contribution is -2.48. The average Bonchev–Trinajstić information content (AvgIpc) is 3.16. The van der Waals surface area contributed by atoms with Crippen LogP contribution in [0.3, 0.4) is 0 Å². The molecule has 0 aliphatic carbocycles. The number of carbonyl (C=O) groups excluding carboxylic acids is 1. The zero-order chi connectivity index (χ0) is 21.1. The number of carbonyl (C=O) groups is 1. The summed E-state index contributed by atoms with van der Waals surface area (Å²) in [7, 11) is 0. The van der Waals surface area contributed by atoms with Gasteiger partial charge in [0.25, 0.3) is 5.91 Å². The number of aromatic nitrogens is 1. The molecule has 1 fully saturated rings. The standard InChI is InChI=1S/C23H24FN3O2S/c1-3-29-20-7-5-4-6-19(20)26-12-14-27(15-13-26)23(28)21-16(2)25-22(30-21)17-8-10-18(24)11-9-17/h4-11H,3,12-15H2,1-2H3. The second-order valence-corrected chi connectivity index (χ2v) is 8.12. The predicted molar refractivity (Wildman–Crippen MR) is 118 cm³/mol. The van der Waals surface area contributed by atoms with E-state index in [1.54, 1.807) is 12.1 Å². The molecule has 30 heavy (non-hydrogen) atoms. The highest BCUT2D eigenvalue weighted by Crippen LogP contribution is 2.31. The van der Waals surface area contributed by atoms with Gasteiger partial charge in [0.1, 0.15) is 21.5 Å². The molecule has 0 radical (unpaired) electrons. The first kappa shape index (κ1) is 20.3. The Morgan fingerprint density at radius 1 is 1.10 bits per heavy atom. The molecule has 2 heterocycles. The molecule has 3 aromatic rings. The highest BCUT2D eigenvalue weighted by Gasteiger charge is 2.26. The summed E-state index contributed by atoms with van der Waals surface area (Å²) < 4.78 is 18.9. The number of hydrogen-bond donors (Lipinski definition) is 0. The number of amides is 1. The van der Waals surface area contributed by atoms with Gasteiger partial charge in [0, 0.05) is 31.7 Å². The zero-order valence-corrected chi connectivity index (χ0v) is 17.9. The summed E-state index contributed by atoms with van der Waals surface area (Å²) in [5.74, 6) is 0.602. The number of aryl methyl sites for hydroxylation is 1. The number of anilines is 1. The molecular weight excluding hydrogens is 401 g/mol. The Bertz CT molecular complexity index is 1030. The maximum atomic E-state index is 13.2. The maximum Gasteiger partial charge on any atom is 0.265 e. The van der Waals surface area contributed by atoms with E-state index in [1.807, 2.05) is 36.9 Å². The number of halogens is 1. The molecule has 0 bridgehead atoms. The highest BCUT2D eigenvalue weighted by atomic mass is 32.1. The molecule has 0 N–H and O–H groups in total. The minimum Gasteiger partial charge on any atom is -0.492 e. The molecule has 156 valence electrons. The van der Waals surface area contributed by atoms with E-state index in [2.05, 4.69) is 16.0 Å². The van der Waals surface area contributed by atoms with E-state index in [0.717, 1.165) is 35.1 Å². The molecule has 7 heteroatoms. The normalized spacial score (nSPS) is 14.1. The molecule has 1 aliphatic rings. The molecule has 1 saturated heterocycles. The molecule has 1 amide bonds. The lowest BCUT2D eigenvalue weighted by atomic mass is 10.2. The SMILES string of the molecule is CCOc1ccccc1N1CCN(C(=O)c2sc(-c3ccc(F)cc3)nc2C)CC1. The van der Waals surface area contributed by atoms with Gasteiger partial charge >= 0.3 is 0 Å². The van der Waals surface area contributed by atoms with E-state index in [1.165, 1.54) is 23.5 Å². The lowest BCUT2D eigenvalue weighted by Gasteiger charge is -2.36. The van der Waals surface area contributed by atoms with Gasteiger partial charge < -0.3 is 14.5 Å². The fourth-order valence-electron chi connectivity index (χ4n) is 3.60. The Kier molecular flexibility index (Phi) is 5.99. The van der Waals surface area contributed by atoms with E-state index >= 15 is 0 Å². The third kappa shape index (κ3) is 4.16. The fourth-order valence-corrected chi connectivity index (χ4v) is 4.64. The number of piperazine rings is 1. The van der Waals surface area contributed by atoms with Crippen LogP contribution in [0.15, 0.2) is 48.5 Å². The van der Waals surface area contributed by atoms with Crippen molar-refractivity contribution in [2.24, 2.45) is 0 Å². The molecule has 4 rings (SSSR count). The number of para-hydroxylation sites is 2. The van der Waals surface area contributed by atoms with E-state index in [9.17, 15) is 9.18 Å². The Morgan fingerprint density at radius 2 is 1.80 bits per heavy atom. The van der Waals surface area contributed by atoms with Gasteiger partial charge in [0.05, 0.1) is 18.0 Å². The van der Waals surface area contributed by atoms with Gasteiger partial charge in [-0.15, -0.1) is 11.3 Å². The minimum absolute atomic E-state index is 0.0103. The topological polar surface area (TPSA) is 45.7 Å². The number of hydrogen-bond acceptors (Lipinski definition) is 5. The van der Waals surface area contributed by atoms with Crippen LogP contribution in [0.4, 0.5) is 10.1 Å². The van der Waals surface area contributed by atoms with Crippen molar-refractivity contribution in [1.29, 1.82) is 0 Å². The zero-order valence-electron chi connectivity index (χ0n) is 17.1. The number of rotatable bonds is 5. The van der Waals surface area contributed by atoms with Gasteiger partial charge in [-0.3, -0.25) is 4.79 Å². The second kappa shape index (κ2) is 8.83. The van der Waals surface area contributed by atoms with Gasteiger partial charge in [-0.25, -0.2) is 9.37 Å². The van der Waals surface area contributed by atoms with Crippen molar-refractivity contribution in [3.05, 3.63) is 64.9 Å². The van der Waals surface area contributed by atoms with Crippen molar-refractivity contribution < 1.29 is 13.9 Å². The van der Waals surface area contributed by atoms with Crippen LogP contribution in [0.2, 0.25) is 0 Å². The van der Waals surface area contributed by atoms with Crippen LogP contribution in [0.1, 0.15) is 22.3 Å². The van der Waals surface area contributed by atoms with Gasteiger partial charge in [-0.1, -0.05) is 12.1 Å². The van der Waals surface area contributed by atoms with Gasteiger partial charge in [-0.2, -0.15) is 0 Å². The minimum atomic E-state index is -0.285. The van der Waals surface area contributed by atoms with Crippen LogP contribution in [0.25, 0.3) is 10.6 Å². The summed E-state index contributed by atoms with van der Waals surface area (Å²) in [6, 6.07) is 14.2. The van der Waals surface area contributed by atoms with Crippen molar-refractivity contribution in [2.45, 2.75) is 13.8 Å². The third-order valence-electron chi connectivity index (χ3n) is 5.15. The fraction of sp³-hybridized carbons (Fsp3) is 0.304. The van der Waals surface area contributed by atoms with Gasteiger partial charge in [0.2, 0.25) is 0 Å². The van der Waals surface area contributed by atoms with Crippen LogP contribution in [0, 0.1) is 12.7 Å². The molecule has 0 unspecified atom stereocenters. The van der Waals surface area contributed by atoms with Crippen LogP contribution >= 0.6 is 11.3 Å². The summed E-state index contributed by atoms with van der Waals surface area (Å²) in [6.45, 7) is 7.23. The summed E-state index contributed by atoms with van der Waals surface area (Å²) in [6.07, 6.45) is 0. The van der Waals surface area contributed by atoms with Crippen molar-refractivity contribution in [2.75, 3.05) is 37.7 Å². The summed E-state index contributed by atoms with van der Waals surface area (Å²) in [5, 5.41) is 0.736. The largest absolute Gasteiger partial charge is 0.492 e. The summed E-state index contributed by atoms with van der Waals surface area (Å²) in [4.78, 5) is 22.5. The molecule has 5 nitrogen and oxygen atoms in total. The van der Waals surface area contributed by atoms with Crippen molar-refractivity contribution in [1.82, 2.24) is 9.88 Å². The van der Waals surface area contributed by atoms with E-state index < -0.39 is 0 Å². The second-order valence-electron chi connectivity index (χ2n) is 7.12. The Hall–Kier alpha value is -2.93. The smallest absolute Gasteiger partial charge is 0.265 e. The molecule has 2 aromatic carbocycles. The van der Waals surface area contributed by atoms with Crippen molar-refractivity contribution in [3.63, 3.8) is 0 Å². The third-order valence-corrected chi connectivity index (χ3v) is 6.35. The molecular formula is C23H24FN3O2S. The Morgan fingerprint density at radius 3 is 2.50 bits per heavy atom. The number of nitrogens with zero attached hydrogens (tertiary/aromatic N) is 3. The first-order valence-corrected chi connectivity index (χ1v) is 10.9. The lowest BCUT2D eigenvalue weighted by molar-refractivity contribution is 0.0750. The van der Waals surface area contributed by atoms with Crippen LogP contribution in [-0.4, -0.2) is 48.6 Å². The molecule has 0 spiro atoms. The van der Waals surface area contributed by atoms with Crippen molar-refractivity contribution in [3.8, 4) is 16.3 Å². The van der Waals surface area contributed by atoms with E-state index in [-0.39, 0.29) is 11.7 Å². The number of ether oxygens (including phenoxy) is 1. The monoisotopic (exact) mass is 425 g/mol. The summed E-state index contributed by atoms with van der Waals surface area (Å²) >= 11 is 1.37. The van der Waals surface area contributed by atoms with Gasteiger partial charge in [0.15, 0.2) is 0 Å². The van der Waals surface area contributed by atoms with Crippen molar-refractivity contribution >= 4 is 22.9 Å². The average molecular weight is 426 g/mol. The highest BCUT2D eigenvalue weighted by molar-refractivity contribution is 7.17. The van der Waals surface area contributed by atoms with E-state index in [0.29, 0.717) is 30.3 Å². The number of thiazole rings is 1. The van der Waals surface area contributed by atoms with Crippen LogP contribution < -0.4 is 9.64 Å². The molecule has 1 aromatic heterocycles. The first-order chi connectivity index (χ1) is 14.6. The van der Waals surface area contributed by atoms with E-state index in [4.69, 9.17) is 4.74 Å². The van der Waals surface area contributed by atoms with Gasteiger partial charge in [-0.05, 0) is 50.2 Å². The summed E-state index contributed by atoms with van der Waals surface area (Å²) in [5.41, 5.74) is 2.60. The maximum absolute atomic E-state index is 13.2. The van der Waals surface area contributed by atoms with Crippen LogP contribution in [0.5, 0.6) is 5.75 Å². The number of benzene rings is 2. The molecule has 0 atom stereocenters. The molecule has 0 saturated carbocycles. The van der Waals surface area contributed by atoms with Crippen LogP contribution in [-0.2, 0) is 0 Å². The Balaban J connectivity index is 1.46. The first-order valence-electron chi connectivity index (χ1n) is 10.1. The quantitative estimate of drug-likeness (QED) is 0.599. The molecule has 1 aliphatic heterocycles. The Labute approximate surface area is 179 Å².